The number of nitro benzene ring substituents is 2. The number of nitrogens with one attached hydrogen (secondary N) is 1. The van der Waals surface area contributed by atoms with Gasteiger partial charge >= 0.3 is 11.4 Å². The van der Waals surface area contributed by atoms with E-state index < -0.39 is 36.1 Å². The number of anilines is 1. The average molecular weight is 367 g/mol. The van der Waals surface area contributed by atoms with Gasteiger partial charge in [0, 0.05) is 25.2 Å². The molecule has 0 aliphatic carbocycles. The van der Waals surface area contributed by atoms with Crippen LogP contribution < -0.4 is 9.14 Å². The van der Waals surface area contributed by atoms with Gasteiger partial charge in [0.25, 0.3) is 10.0 Å². The number of hydrogen-bond acceptors (Lipinski definition) is 7. The molecule has 0 radical (unpaired) electrons. The lowest BCUT2D eigenvalue weighted by molar-refractivity contribution is -0.393. The Morgan fingerprint density at radius 1 is 1.17 bits per heavy atom. The van der Waals surface area contributed by atoms with Gasteiger partial charge in [0.1, 0.15) is 0 Å². The molecule has 0 unspecified atom stereocenters. The van der Waals surface area contributed by atoms with Crippen LogP contribution in [0.4, 0.5) is 17.1 Å². The van der Waals surface area contributed by atoms with Crippen molar-refractivity contribution in [3.05, 3.63) is 32.4 Å². The van der Waals surface area contributed by atoms with E-state index in [4.69, 9.17) is 11.8 Å². The third-order valence-electron chi connectivity index (χ3n) is 3.04. The van der Waals surface area contributed by atoms with Gasteiger partial charge in [0.05, 0.1) is 14.7 Å². The number of benzene rings is 1. The van der Waals surface area contributed by atoms with Crippen LogP contribution in [-0.2, 0) is 10.0 Å². The normalized spacial score (nSPS) is 11.3. The zero-order valence-electron chi connectivity index (χ0n) is 12.4. The fraction of sp³-hybridized carbons (Fsp3) is 0.455. The quantitative estimate of drug-likeness (QED) is 0.423. The molecule has 0 atom stereocenters. The lowest BCUT2D eigenvalue weighted by atomic mass is 10.2. The molecule has 0 aliphatic rings. The minimum absolute atomic E-state index is 0.224. The molecule has 0 bridgehead atoms. The molecule has 12 heteroatoms. The summed E-state index contributed by atoms with van der Waals surface area (Å²) >= 11 is 5.08. The third kappa shape index (κ3) is 4.06. The predicted octanol–water partition coefficient (Wildman–Crippen LogP) is 2.17. The molecule has 0 saturated heterocycles. The lowest BCUT2D eigenvalue weighted by Crippen LogP contribution is -2.26. The Morgan fingerprint density at radius 3 is 1.96 bits per heavy atom. The summed E-state index contributed by atoms with van der Waals surface area (Å²) in [6, 6.07) is 1.51. The van der Waals surface area contributed by atoms with Crippen molar-refractivity contribution >= 4 is 38.9 Å². The second-order valence-corrected chi connectivity index (χ2v) is 6.58. The van der Waals surface area contributed by atoms with E-state index >= 15 is 0 Å². The van der Waals surface area contributed by atoms with Crippen molar-refractivity contribution in [3.8, 4) is 0 Å². The molecule has 0 aliphatic heterocycles. The molecule has 128 valence electrons. The summed E-state index contributed by atoms with van der Waals surface area (Å²) in [6.45, 7) is 4.14. The second-order valence-electron chi connectivity index (χ2n) is 4.48. The molecule has 1 N–H and O–H groups in total. The molecule has 0 fully saturated rings. The molecule has 1 rings (SSSR count). The maximum Gasteiger partial charge on any atom is 0.301 e. The maximum absolute atomic E-state index is 11.7. The van der Waals surface area contributed by atoms with Gasteiger partial charge in [-0.05, 0) is 25.1 Å². The molecule has 0 aromatic heterocycles. The van der Waals surface area contributed by atoms with Gasteiger partial charge in [-0.3, -0.25) is 20.2 Å². The lowest BCUT2D eigenvalue weighted by Gasteiger charge is -2.22. The Kier molecular flexibility index (Phi) is 6.24. The summed E-state index contributed by atoms with van der Waals surface area (Å²) in [5.41, 5.74) is -1.56. The van der Waals surface area contributed by atoms with E-state index in [2.05, 4.69) is 0 Å². The first-order valence-corrected chi connectivity index (χ1v) is 8.39. The molecular weight excluding hydrogens is 352 g/mol. The number of hydrogen-bond donors (Lipinski definition) is 1. The molecule has 10 nitrogen and oxygen atoms in total. The molecule has 0 saturated carbocycles. The number of nitro groups is 2. The first-order valence-electron chi connectivity index (χ1n) is 6.53. The molecule has 0 heterocycles. The van der Waals surface area contributed by atoms with E-state index in [0.29, 0.717) is 13.0 Å². The van der Waals surface area contributed by atoms with Gasteiger partial charge in [0.2, 0.25) is 0 Å². The Bertz CT molecular complexity index is 688. The van der Waals surface area contributed by atoms with Crippen molar-refractivity contribution in [2.45, 2.75) is 25.2 Å². The van der Waals surface area contributed by atoms with Crippen molar-refractivity contribution in [2.24, 2.45) is 0 Å². The van der Waals surface area contributed by atoms with Crippen LogP contribution in [0, 0.1) is 20.2 Å². The number of nitrogens with zero attached hydrogens (tertiary/aromatic N) is 3. The van der Waals surface area contributed by atoms with Crippen LogP contribution in [0.3, 0.4) is 0 Å². The van der Waals surface area contributed by atoms with E-state index in [9.17, 15) is 28.6 Å². The van der Waals surface area contributed by atoms with E-state index in [1.165, 1.54) is 9.14 Å². The summed E-state index contributed by atoms with van der Waals surface area (Å²) in [6.07, 6.45) is 0.603. The number of sulfonamides is 1. The van der Waals surface area contributed by atoms with Gasteiger partial charge in [-0.2, -0.15) is 0 Å². The fourth-order valence-electron chi connectivity index (χ4n) is 2.08. The number of halogens is 1. The van der Waals surface area contributed by atoms with Gasteiger partial charge < -0.3 is 4.90 Å². The smallest absolute Gasteiger partial charge is 0.301 e. The SMILES string of the molecule is CCCN(CC)c1c([N+](=O)[O-])cc(S(=O)(=O)NCl)cc1[N+](=O)[O-]. The van der Waals surface area contributed by atoms with Gasteiger partial charge in [0.15, 0.2) is 5.69 Å². The third-order valence-corrected chi connectivity index (χ3v) is 4.71. The largest absolute Gasteiger partial charge is 0.361 e. The van der Waals surface area contributed by atoms with E-state index in [-0.39, 0.29) is 12.2 Å². The molecule has 0 spiro atoms. The fourth-order valence-corrected chi connectivity index (χ4v) is 2.97. The molecular formula is C11H15ClN4O6S. The van der Waals surface area contributed by atoms with Crippen LogP contribution in [0.2, 0.25) is 0 Å². The standard InChI is InChI=1S/C11H15ClN4O6S/c1-3-5-14(4-2)11-9(15(17)18)6-8(23(21,22)13-12)7-10(11)16(19)20/h6-7,13H,3-5H2,1-2H3. The highest BCUT2D eigenvalue weighted by molar-refractivity contribution is 7.90. The zero-order chi connectivity index (χ0) is 17.8. The molecule has 1 aromatic carbocycles. The minimum atomic E-state index is -4.28. The van der Waals surface area contributed by atoms with Crippen LogP contribution >= 0.6 is 11.8 Å². The Hall–Kier alpha value is -1.98. The van der Waals surface area contributed by atoms with Crippen molar-refractivity contribution in [1.29, 1.82) is 0 Å². The monoisotopic (exact) mass is 366 g/mol. The highest BCUT2D eigenvalue weighted by Gasteiger charge is 2.33. The van der Waals surface area contributed by atoms with Gasteiger partial charge in [-0.1, -0.05) is 6.92 Å². The van der Waals surface area contributed by atoms with Crippen molar-refractivity contribution in [1.82, 2.24) is 4.24 Å². The molecule has 0 amide bonds. The van der Waals surface area contributed by atoms with Crippen LogP contribution in [0.15, 0.2) is 17.0 Å². The highest BCUT2D eigenvalue weighted by atomic mass is 35.5. The van der Waals surface area contributed by atoms with Gasteiger partial charge in [-0.15, -0.1) is 4.24 Å². The van der Waals surface area contributed by atoms with E-state index in [1.807, 2.05) is 6.92 Å². The molecule has 23 heavy (non-hydrogen) atoms. The highest BCUT2D eigenvalue weighted by Crippen LogP contribution is 2.40. The summed E-state index contributed by atoms with van der Waals surface area (Å²) < 4.78 is 24.9. The Labute approximate surface area is 137 Å². The van der Waals surface area contributed by atoms with Crippen LogP contribution in [0.1, 0.15) is 20.3 Å². The minimum Gasteiger partial charge on any atom is -0.361 e. The van der Waals surface area contributed by atoms with Crippen LogP contribution in [0.25, 0.3) is 0 Å². The zero-order valence-corrected chi connectivity index (χ0v) is 13.9. The van der Waals surface area contributed by atoms with E-state index in [1.54, 1.807) is 6.92 Å². The second kappa shape index (κ2) is 7.53. The van der Waals surface area contributed by atoms with Crippen molar-refractivity contribution in [2.75, 3.05) is 18.0 Å². The number of rotatable bonds is 8. The molecule has 1 aromatic rings. The summed E-state index contributed by atoms with van der Waals surface area (Å²) in [7, 11) is -4.28. The van der Waals surface area contributed by atoms with E-state index in [0.717, 1.165) is 12.1 Å². The summed E-state index contributed by atoms with van der Waals surface area (Å²) in [5, 5.41) is 22.6. The van der Waals surface area contributed by atoms with Gasteiger partial charge in [-0.25, -0.2) is 8.42 Å². The first-order chi connectivity index (χ1) is 10.7. The van der Waals surface area contributed by atoms with Crippen molar-refractivity contribution < 1.29 is 18.3 Å². The predicted molar refractivity (Wildman–Crippen MR) is 84.1 cm³/mol. The van der Waals surface area contributed by atoms with Crippen LogP contribution in [0.5, 0.6) is 0 Å². The van der Waals surface area contributed by atoms with Crippen molar-refractivity contribution in [3.63, 3.8) is 0 Å². The van der Waals surface area contributed by atoms with Crippen LogP contribution in [-0.4, -0.2) is 31.4 Å². The Morgan fingerprint density at radius 2 is 1.65 bits per heavy atom. The summed E-state index contributed by atoms with van der Waals surface area (Å²) in [4.78, 5) is 21.7. The topological polar surface area (TPSA) is 136 Å². The summed E-state index contributed by atoms with van der Waals surface area (Å²) in [5.74, 6) is 0. The first kappa shape index (κ1) is 19.1. The maximum atomic E-state index is 11.7. The average Bonchev–Trinajstić information content (AvgIpc) is 2.51. The Balaban J connectivity index is 3.80.